The number of carbonyl (C=O) groups excluding carboxylic acids is 1. The van der Waals surface area contributed by atoms with Gasteiger partial charge in [-0.2, -0.15) is 0 Å². The quantitative estimate of drug-likeness (QED) is 0.405. The van der Waals surface area contributed by atoms with Gasteiger partial charge in [-0.25, -0.2) is 4.98 Å². The van der Waals surface area contributed by atoms with Gasteiger partial charge in [-0.1, -0.05) is 54.9 Å². The van der Waals surface area contributed by atoms with E-state index < -0.39 is 12.5 Å². The fourth-order valence-electron chi connectivity index (χ4n) is 4.54. The summed E-state index contributed by atoms with van der Waals surface area (Å²) in [6.07, 6.45) is 1.48. The molecule has 1 aliphatic rings. The molecule has 0 spiro atoms. The Bertz CT molecular complexity index is 1130. The summed E-state index contributed by atoms with van der Waals surface area (Å²) < 4.78 is 5.96. The SMILES string of the molecule is COC(O)N[C@H](C(=O)N1C[C@@H](C)C[C@H]1c1ncc(-c2ccc3ccc(Br)cc3c2)[nH]1)C(C)C. The highest BCUT2D eigenvalue weighted by atomic mass is 79.9. The number of aliphatic hydroxyl groups excluding tert-OH is 1. The number of imidazole rings is 1. The van der Waals surface area contributed by atoms with E-state index in [4.69, 9.17) is 4.74 Å². The molecular weight excluding hydrogens is 484 g/mol. The zero-order chi connectivity index (χ0) is 23.7. The van der Waals surface area contributed by atoms with Gasteiger partial charge >= 0.3 is 0 Å². The molecule has 7 nitrogen and oxygen atoms in total. The number of ether oxygens (including phenoxy) is 1. The standard InChI is InChI=1S/C25H31BrN4O3/c1-14(2)22(29-25(32)33-4)24(31)30-13-15(3)9-21(30)23-27-12-20(28-23)17-6-5-16-7-8-19(26)11-18(16)10-17/h5-8,10-12,14-15,21-22,25,29,32H,9,13H2,1-4H3,(H,27,28)/t15-,21-,22-,25?/m0/s1. The second kappa shape index (κ2) is 9.93. The second-order valence-electron chi connectivity index (χ2n) is 9.21. The van der Waals surface area contributed by atoms with Crippen LogP contribution in [0.25, 0.3) is 22.0 Å². The number of likely N-dealkylation sites (tertiary alicyclic amines) is 1. The molecule has 4 rings (SSSR count). The summed E-state index contributed by atoms with van der Waals surface area (Å²) in [4.78, 5) is 23.5. The van der Waals surface area contributed by atoms with Gasteiger partial charge in [0.15, 0.2) is 0 Å². The number of aromatic nitrogens is 2. The van der Waals surface area contributed by atoms with Crippen molar-refractivity contribution < 1.29 is 14.6 Å². The first-order valence-electron chi connectivity index (χ1n) is 11.3. The van der Waals surface area contributed by atoms with E-state index in [0.29, 0.717) is 12.5 Å². The van der Waals surface area contributed by atoms with Crippen molar-refractivity contribution in [3.8, 4) is 11.3 Å². The van der Waals surface area contributed by atoms with Crippen molar-refractivity contribution in [2.24, 2.45) is 11.8 Å². The largest absolute Gasteiger partial charge is 0.356 e. The lowest BCUT2D eigenvalue weighted by Gasteiger charge is -2.31. The van der Waals surface area contributed by atoms with Crippen molar-refractivity contribution in [3.63, 3.8) is 0 Å². The van der Waals surface area contributed by atoms with Crippen LogP contribution in [0.3, 0.4) is 0 Å². The first-order chi connectivity index (χ1) is 15.8. The summed E-state index contributed by atoms with van der Waals surface area (Å²) in [5.74, 6) is 1.07. The van der Waals surface area contributed by atoms with Crippen LogP contribution in [0.1, 0.15) is 39.1 Å². The van der Waals surface area contributed by atoms with Gasteiger partial charge in [0.25, 0.3) is 0 Å². The third-order valence-corrected chi connectivity index (χ3v) is 6.79. The number of benzene rings is 2. The lowest BCUT2D eigenvalue weighted by molar-refractivity contribution is -0.145. The number of aliphatic hydroxyl groups is 1. The summed E-state index contributed by atoms with van der Waals surface area (Å²) in [5.41, 5.74) is 1.97. The number of carbonyl (C=O) groups is 1. The lowest BCUT2D eigenvalue weighted by atomic mass is 10.0. The summed E-state index contributed by atoms with van der Waals surface area (Å²) >= 11 is 3.54. The average molecular weight is 515 g/mol. The number of nitrogens with zero attached hydrogens (tertiary/aromatic N) is 2. The zero-order valence-corrected chi connectivity index (χ0v) is 21.0. The van der Waals surface area contributed by atoms with Gasteiger partial charge in [0.05, 0.1) is 24.0 Å². The highest BCUT2D eigenvalue weighted by Gasteiger charge is 2.39. The molecule has 1 aliphatic heterocycles. The molecule has 1 aromatic heterocycles. The van der Waals surface area contributed by atoms with Crippen molar-refractivity contribution in [3.05, 3.63) is 52.9 Å². The molecule has 33 heavy (non-hydrogen) atoms. The van der Waals surface area contributed by atoms with Crippen LogP contribution in [0.5, 0.6) is 0 Å². The summed E-state index contributed by atoms with van der Waals surface area (Å²) in [6, 6.07) is 11.9. The number of H-pyrrole nitrogens is 1. The van der Waals surface area contributed by atoms with E-state index >= 15 is 0 Å². The van der Waals surface area contributed by atoms with E-state index in [1.807, 2.05) is 31.0 Å². The van der Waals surface area contributed by atoms with Crippen molar-refractivity contribution in [2.45, 2.75) is 45.7 Å². The number of rotatable bonds is 7. The number of fused-ring (bicyclic) bond motifs is 1. The number of nitrogens with one attached hydrogen (secondary N) is 2. The Kier molecular flexibility index (Phi) is 7.19. The topological polar surface area (TPSA) is 90.5 Å². The van der Waals surface area contributed by atoms with Crippen molar-refractivity contribution in [2.75, 3.05) is 13.7 Å². The molecule has 176 valence electrons. The van der Waals surface area contributed by atoms with Crippen LogP contribution in [0.4, 0.5) is 0 Å². The second-order valence-corrected chi connectivity index (χ2v) is 10.1. The van der Waals surface area contributed by atoms with E-state index in [2.05, 4.69) is 68.5 Å². The Morgan fingerprint density at radius 3 is 2.76 bits per heavy atom. The number of amides is 1. The van der Waals surface area contributed by atoms with E-state index in [1.54, 1.807) is 0 Å². The molecule has 0 saturated carbocycles. The Morgan fingerprint density at radius 2 is 2.03 bits per heavy atom. The fraction of sp³-hybridized carbons (Fsp3) is 0.440. The first-order valence-corrected chi connectivity index (χ1v) is 12.1. The molecular formula is C25H31BrN4O3. The van der Waals surface area contributed by atoms with Crippen LogP contribution >= 0.6 is 15.9 Å². The molecule has 3 N–H and O–H groups in total. The maximum absolute atomic E-state index is 13.5. The Morgan fingerprint density at radius 1 is 1.27 bits per heavy atom. The highest BCUT2D eigenvalue weighted by Crippen LogP contribution is 2.36. The maximum Gasteiger partial charge on any atom is 0.240 e. The minimum absolute atomic E-state index is 0.0112. The molecule has 1 unspecified atom stereocenters. The molecule has 4 atom stereocenters. The summed E-state index contributed by atoms with van der Waals surface area (Å²) in [6.45, 7) is 6.70. The summed E-state index contributed by atoms with van der Waals surface area (Å²) in [5, 5.41) is 15.1. The molecule has 2 aromatic carbocycles. The van der Waals surface area contributed by atoms with E-state index in [9.17, 15) is 9.90 Å². The average Bonchev–Trinajstić information content (AvgIpc) is 3.42. The minimum Gasteiger partial charge on any atom is -0.356 e. The van der Waals surface area contributed by atoms with Crippen LogP contribution in [-0.2, 0) is 9.53 Å². The molecule has 0 radical (unpaired) electrons. The smallest absolute Gasteiger partial charge is 0.240 e. The Balaban J connectivity index is 1.60. The summed E-state index contributed by atoms with van der Waals surface area (Å²) in [7, 11) is 1.40. The number of halogens is 1. The number of methoxy groups -OCH3 is 1. The molecule has 0 bridgehead atoms. The van der Waals surface area contributed by atoms with Gasteiger partial charge in [-0.15, -0.1) is 0 Å². The lowest BCUT2D eigenvalue weighted by Crippen LogP contribution is -2.53. The first kappa shape index (κ1) is 23.9. The van der Waals surface area contributed by atoms with Crippen molar-refractivity contribution in [1.29, 1.82) is 0 Å². The zero-order valence-electron chi connectivity index (χ0n) is 19.4. The number of hydrogen-bond donors (Lipinski definition) is 3. The maximum atomic E-state index is 13.5. The fourth-order valence-corrected chi connectivity index (χ4v) is 4.91. The van der Waals surface area contributed by atoms with Crippen LogP contribution in [0, 0.1) is 11.8 Å². The van der Waals surface area contributed by atoms with E-state index in [1.165, 1.54) is 12.5 Å². The Labute approximate surface area is 202 Å². The molecule has 1 amide bonds. The molecule has 3 aromatic rings. The van der Waals surface area contributed by atoms with Gasteiger partial charge in [0, 0.05) is 23.7 Å². The van der Waals surface area contributed by atoms with E-state index in [-0.39, 0.29) is 17.9 Å². The third kappa shape index (κ3) is 5.14. The predicted molar refractivity (Wildman–Crippen MR) is 132 cm³/mol. The number of hydrogen-bond acceptors (Lipinski definition) is 5. The normalized spacial score (nSPS) is 20.5. The van der Waals surface area contributed by atoms with Crippen LogP contribution in [0.2, 0.25) is 0 Å². The van der Waals surface area contributed by atoms with Crippen LogP contribution in [-0.4, -0.2) is 52.0 Å². The van der Waals surface area contributed by atoms with Gasteiger partial charge in [-0.3, -0.25) is 10.1 Å². The molecule has 0 aliphatic carbocycles. The van der Waals surface area contributed by atoms with E-state index in [0.717, 1.165) is 33.4 Å². The highest BCUT2D eigenvalue weighted by molar-refractivity contribution is 9.10. The predicted octanol–water partition coefficient (Wildman–Crippen LogP) is 4.44. The van der Waals surface area contributed by atoms with Crippen molar-refractivity contribution >= 4 is 32.6 Å². The molecule has 8 heteroatoms. The van der Waals surface area contributed by atoms with Gasteiger partial charge in [0.1, 0.15) is 5.82 Å². The van der Waals surface area contributed by atoms with Gasteiger partial charge in [-0.05, 0) is 47.2 Å². The minimum atomic E-state index is -1.19. The van der Waals surface area contributed by atoms with Crippen LogP contribution in [0.15, 0.2) is 47.1 Å². The molecule has 1 saturated heterocycles. The number of aromatic amines is 1. The van der Waals surface area contributed by atoms with Crippen LogP contribution < -0.4 is 5.32 Å². The molecule has 1 fully saturated rings. The van der Waals surface area contributed by atoms with Gasteiger partial charge < -0.3 is 19.7 Å². The molecule has 2 heterocycles. The monoisotopic (exact) mass is 514 g/mol. The van der Waals surface area contributed by atoms with Gasteiger partial charge in [0.2, 0.25) is 12.3 Å². The Hall–Kier alpha value is -2.26. The van der Waals surface area contributed by atoms with Crippen molar-refractivity contribution in [1.82, 2.24) is 20.2 Å². The third-order valence-electron chi connectivity index (χ3n) is 6.30.